The van der Waals surface area contributed by atoms with Gasteiger partial charge >= 0.3 is 0 Å². The summed E-state index contributed by atoms with van der Waals surface area (Å²) in [6.45, 7) is 13.1. The van der Waals surface area contributed by atoms with Gasteiger partial charge < -0.3 is 10.2 Å². The molecule has 1 amide bonds. The molecule has 1 aromatic carbocycles. The van der Waals surface area contributed by atoms with Gasteiger partial charge in [0, 0.05) is 47.6 Å². The second-order valence-corrected chi connectivity index (χ2v) is 15.6. The van der Waals surface area contributed by atoms with E-state index in [-0.39, 0.29) is 47.6 Å². The highest BCUT2D eigenvalue weighted by molar-refractivity contribution is 9.10. The molecule has 1 saturated carbocycles. The summed E-state index contributed by atoms with van der Waals surface area (Å²) in [7, 11) is 0. The van der Waals surface area contributed by atoms with Crippen LogP contribution in [0.2, 0.25) is 0 Å². The zero-order chi connectivity index (χ0) is 39.3. The molecule has 0 bridgehead atoms. The highest BCUT2D eigenvalue weighted by atomic mass is 79.9. The molecule has 0 radical (unpaired) electrons. The zero-order valence-electron chi connectivity index (χ0n) is 31.8. The number of anilines is 1. The third-order valence-electron chi connectivity index (χ3n) is 10.8. The molecule has 6 rings (SSSR count). The van der Waals surface area contributed by atoms with Gasteiger partial charge in [-0.3, -0.25) is 24.5 Å². The Balaban J connectivity index is 1.30. The van der Waals surface area contributed by atoms with Crippen molar-refractivity contribution in [2.24, 2.45) is 5.41 Å². The minimum absolute atomic E-state index is 0.0696. The first-order chi connectivity index (χ1) is 26.4. The topological polar surface area (TPSA) is 160 Å². The number of benzene rings is 1. The summed E-state index contributed by atoms with van der Waals surface area (Å²) in [4.78, 5) is 56.5. The van der Waals surface area contributed by atoms with Gasteiger partial charge in [0.05, 0.1) is 37.4 Å². The number of allylic oxidation sites excluding steroid dienone is 1. The number of aryl methyl sites for hydroxylation is 3. The van der Waals surface area contributed by atoms with Crippen LogP contribution in [0.5, 0.6) is 0 Å². The molecular weight excluding hydrogens is 758 g/mol. The molecule has 13 heteroatoms. The van der Waals surface area contributed by atoms with Crippen LogP contribution in [0.1, 0.15) is 85.8 Å². The van der Waals surface area contributed by atoms with Gasteiger partial charge in [0.1, 0.15) is 21.8 Å². The molecule has 2 fully saturated rings. The second kappa shape index (κ2) is 17.1. The Morgan fingerprint density at radius 3 is 2.53 bits per heavy atom. The minimum Gasteiger partial charge on any atom is -0.375 e. The van der Waals surface area contributed by atoms with E-state index in [4.69, 9.17) is 5.41 Å². The Morgan fingerprint density at radius 2 is 1.82 bits per heavy atom. The molecule has 1 unspecified atom stereocenters. The van der Waals surface area contributed by atoms with Crippen LogP contribution in [0.3, 0.4) is 0 Å². The van der Waals surface area contributed by atoms with Gasteiger partial charge in [-0.2, -0.15) is 0 Å². The molecule has 286 valence electrons. The molecule has 1 aliphatic carbocycles. The lowest BCUT2D eigenvalue weighted by molar-refractivity contribution is -0.137. The van der Waals surface area contributed by atoms with Crippen molar-refractivity contribution >= 4 is 50.9 Å². The molecule has 2 N–H and O–H groups in total. The normalized spacial score (nSPS) is 18.4. The van der Waals surface area contributed by atoms with Gasteiger partial charge in [-0.05, 0) is 109 Å². The summed E-state index contributed by atoms with van der Waals surface area (Å²) in [5, 5.41) is 20.7. The first-order valence-electron chi connectivity index (χ1n) is 18.8. The average Bonchev–Trinajstić information content (AvgIpc) is 3.48. The molecule has 55 heavy (non-hydrogen) atoms. The molecule has 12 nitrogen and oxygen atoms in total. The van der Waals surface area contributed by atoms with Gasteiger partial charge in [0.15, 0.2) is 11.6 Å². The van der Waals surface area contributed by atoms with Gasteiger partial charge in [-0.15, -0.1) is 11.7 Å². The Kier molecular flexibility index (Phi) is 12.3. The van der Waals surface area contributed by atoms with E-state index in [1.165, 1.54) is 6.92 Å². The van der Waals surface area contributed by atoms with Crippen LogP contribution in [0.4, 0.5) is 5.69 Å². The van der Waals surface area contributed by atoms with Crippen LogP contribution in [-0.4, -0.2) is 76.7 Å². The van der Waals surface area contributed by atoms with Crippen molar-refractivity contribution in [2.45, 2.75) is 97.2 Å². The Labute approximate surface area is 330 Å². The smallest absolute Gasteiger partial charge is 0.242 e. The van der Waals surface area contributed by atoms with Crippen molar-refractivity contribution in [3.8, 4) is 11.1 Å². The lowest BCUT2D eigenvalue weighted by Crippen LogP contribution is -2.46. The Hall–Kier alpha value is -5.17. The third-order valence-corrected chi connectivity index (χ3v) is 11.2. The lowest BCUT2D eigenvalue weighted by Gasteiger charge is -2.28. The van der Waals surface area contributed by atoms with Crippen LogP contribution in [-0.2, 0) is 33.8 Å². The number of nitrogens with one attached hydrogen (secondary N) is 2. The Morgan fingerprint density at radius 1 is 1.05 bits per heavy atom. The molecule has 2 aliphatic rings. The SMILES string of the molecule is C=CCCCCCCc1cc(-c2cnc(C)nc2)cc(C(=N)C(C)=O)c1NCC(=O)N1C(C(=O)Cc2nc(Br)ccc2C)C[C@@]2(Cn3cc(C=C)nn3)C[C@@H]12. The molecule has 4 aromatic rings. The second-order valence-electron chi connectivity index (χ2n) is 14.8. The van der Waals surface area contributed by atoms with E-state index in [0.717, 1.165) is 60.8 Å². The number of carbonyl (C=O) groups excluding carboxylic acids is 3. The molecule has 4 heterocycles. The third kappa shape index (κ3) is 9.04. The van der Waals surface area contributed by atoms with Crippen molar-refractivity contribution in [2.75, 3.05) is 11.9 Å². The van der Waals surface area contributed by atoms with E-state index in [1.807, 2.05) is 44.3 Å². The van der Waals surface area contributed by atoms with Gasteiger partial charge in [0.2, 0.25) is 5.91 Å². The number of nitrogens with zero attached hydrogens (tertiary/aromatic N) is 7. The van der Waals surface area contributed by atoms with Gasteiger partial charge in [0.25, 0.3) is 0 Å². The first-order valence-corrected chi connectivity index (χ1v) is 19.6. The van der Waals surface area contributed by atoms with Crippen molar-refractivity contribution in [1.82, 2.24) is 34.8 Å². The number of piperidine rings is 1. The van der Waals surface area contributed by atoms with E-state index in [1.54, 1.807) is 34.1 Å². The number of ketones is 2. The average molecular weight is 807 g/mol. The van der Waals surface area contributed by atoms with Crippen LogP contribution >= 0.6 is 15.9 Å². The standard InChI is InChI=1S/C42H48BrN9O3/c1-6-8-9-10-11-12-13-29-16-30(31-21-45-28(5)46-22-31)17-33(40(44)27(4)53)41(29)47-23-39(55)52-35(36(54)18-34-26(3)14-15-38(43)48-34)19-42(20-37(42)52)25-51-24-32(7-2)49-50-51/h6-7,14-17,21-22,24,35,37,44,47H,1-2,8-13,18-20,23,25H2,3-5H3/t35?,37-,42+/m1/s1. The first kappa shape index (κ1) is 39.5. The number of pyridine rings is 1. The lowest BCUT2D eigenvalue weighted by atomic mass is 9.92. The summed E-state index contributed by atoms with van der Waals surface area (Å²) in [6.07, 6.45) is 15.9. The van der Waals surface area contributed by atoms with Crippen LogP contribution < -0.4 is 5.32 Å². The van der Waals surface area contributed by atoms with Crippen molar-refractivity contribution in [3.05, 3.63) is 101 Å². The van der Waals surface area contributed by atoms with Gasteiger partial charge in [-0.1, -0.05) is 36.8 Å². The quantitative estimate of drug-likeness (QED) is 0.0437. The number of halogens is 1. The molecule has 3 aromatic heterocycles. The van der Waals surface area contributed by atoms with Crippen molar-refractivity contribution in [1.29, 1.82) is 5.41 Å². The van der Waals surface area contributed by atoms with Crippen LogP contribution in [0.15, 0.2) is 66.7 Å². The van der Waals surface area contributed by atoms with Crippen molar-refractivity contribution in [3.63, 3.8) is 0 Å². The number of Topliss-reactive ketones (excluding diaryl/α,β-unsaturated/α-hetero) is 2. The van der Waals surface area contributed by atoms with Crippen LogP contribution in [0, 0.1) is 24.7 Å². The van der Waals surface area contributed by atoms with Gasteiger partial charge in [-0.25, -0.2) is 15.0 Å². The predicted octanol–water partition coefficient (Wildman–Crippen LogP) is 7.07. The van der Waals surface area contributed by atoms with Crippen LogP contribution in [0.25, 0.3) is 17.2 Å². The largest absolute Gasteiger partial charge is 0.375 e. The monoisotopic (exact) mass is 805 g/mol. The molecule has 3 atom stereocenters. The van der Waals surface area contributed by atoms with E-state index in [0.29, 0.717) is 52.5 Å². The van der Waals surface area contributed by atoms with E-state index in [9.17, 15) is 14.4 Å². The number of unbranched alkanes of at least 4 members (excludes halogenated alkanes) is 4. The zero-order valence-corrected chi connectivity index (χ0v) is 33.4. The summed E-state index contributed by atoms with van der Waals surface area (Å²) < 4.78 is 2.42. The minimum atomic E-state index is -0.649. The number of hydrogen-bond acceptors (Lipinski definition) is 10. The maximum absolute atomic E-state index is 14.5. The fourth-order valence-corrected chi connectivity index (χ4v) is 8.07. The number of carbonyl (C=O) groups is 3. The highest BCUT2D eigenvalue weighted by Gasteiger charge is 2.67. The summed E-state index contributed by atoms with van der Waals surface area (Å²) in [5.74, 6) is -0.0426. The number of likely N-dealkylation sites (tertiary alicyclic amines) is 1. The molecule has 1 saturated heterocycles. The maximum atomic E-state index is 14.5. The number of aromatic nitrogens is 6. The van der Waals surface area contributed by atoms with E-state index < -0.39 is 6.04 Å². The fourth-order valence-electron chi connectivity index (χ4n) is 7.72. The number of fused-ring (bicyclic) bond motifs is 1. The van der Waals surface area contributed by atoms with Crippen molar-refractivity contribution < 1.29 is 14.4 Å². The molecular formula is C42H48BrN9O3. The highest BCUT2D eigenvalue weighted by Crippen LogP contribution is 2.60. The Bertz CT molecular complexity index is 2130. The maximum Gasteiger partial charge on any atom is 0.242 e. The van der Waals surface area contributed by atoms with E-state index >= 15 is 0 Å². The molecule has 0 spiro atoms. The molecule has 1 aliphatic heterocycles. The number of rotatable bonds is 19. The predicted molar refractivity (Wildman–Crippen MR) is 217 cm³/mol. The summed E-state index contributed by atoms with van der Waals surface area (Å²) in [5.41, 5.74) is 5.20. The number of amides is 1. The summed E-state index contributed by atoms with van der Waals surface area (Å²) in [6, 6.07) is 6.81. The number of hydrogen-bond donors (Lipinski definition) is 2. The summed E-state index contributed by atoms with van der Waals surface area (Å²) >= 11 is 3.43. The van der Waals surface area contributed by atoms with E-state index in [2.05, 4.69) is 59.7 Å². The fraction of sp³-hybridized carbons (Fsp3) is 0.405.